The summed E-state index contributed by atoms with van der Waals surface area (Å²) in [5, 5.41) is 24.4. The molecule has 0 aliphatic heterocycles. The van der Waals surface area contributed by atoms with Crippen LogP contribution in [0.15, 0.2) is 36.4 Å². The number of nitrogens with one attached hydrogen (secondary N) is 1. The summed E-state index contributed by atoms with van der Waals surface area (Å²) in [6, 6.07) is 9.40. The van der Waals surface area contributed by atoms with Gasteiger partial charge in [-0.1, -0.05) is 12.1 Å². The Balaban J connectivity index is 2.14. The molecule has 8 heteroatoms. The van der Waals surface area contributed by atoms with Gasteiger partial charge in [0.15, 0.2) is 11.4 Å². The number of aromatic nitrogens is 2. The molecule has 8 nitrogen and oxygen atoms in total. The molecule has 2 heterocycles. The van der Waals surface area contributed by atoms with Crippen LogP contribution < -0.4 is 5.32 Å². The van der Waals surface area contributed by atoms with Gasteiger partial charge in [-0.25, -0.2) is 9.97 Å². The maximum absolute atomic E-state index is 12.0. The number of hydrogen-bond acceptors (Lipinski definition) is 6. The van der Waals surface area contributed by atoms with Gasteiger partial charge in [-0.15, -0.1) is 0 Å². The van der Waals surface area contributed by atoms with E-state index in [1.807, 2.05) is 0 Å². The number of pyridine rings is 2. The maximum atomic E-state index is 12.0. The predicted molar refractivity (Wildman–Crippen MR) is 96.0 cm³/mol. The zero-order chi connectivity index (χ0) is 18.8. The van der Waals surface area contributed by atoms with Gasteiger partial charge < -0.3 is 10.4 Å². The lowest BCUT2D eigenvalue weighted by molar-refractivity contribution is -0.384. The maximum Gasteiger partial charge on any atom is 0.273 e. The van der Waals surface area contributed by atoms with Crippen molar-refractivity contribution in [1.29, 1.82) is 0 Å². The van der Waals surface area contributed by atoms with Gasteiger partial charge in [-0.05, 0) is 26.0 Å². The number of hydrogen-bond donors (Lipinski definition) is 2. The fourth-order valence-corrected chi connectivity index (χ4v) is 2.67. The third kappa shape index (κ3) is 3.04. The molecule has 0 radical (unpaired) electrons. The normalized spacial score (nSPS) is 10.7. The Bertz CT molecular complexity index is 1030. The highest BCUT2D eigenvalue weighted by Gasteiger charge is 2.18. The average molecular weight is 352 g/mol. The minimum atomic E-state index is -0.470. The third-order valence-corrected chi connectivity index (χ3v) is 3.90. The van der Waals surface area contributed by atoms with Crippen molar-refractivity contribution in [2.75, 3.05) is 6.54 Å². The van der Waals surface area contributed by atoms with Gasteiger partial charge in [0.2, 0.25) is 0 Å². The summed E-state index contributed by atoms with van der Waals surface area (Å²) in [4.78, 5) is 31.2. The minimum Gasteiger partial charge on any atom is -0.505 e. The van der Waals surface area contributed by atoms with E-state index in [0.29, 0.717) is 34.4 Å². The van der Waals surface area contributed by atoms with Crippen LogP contribution >= 0.6 is 0 Å². The van der Waals surface area contributed by atoms with Crippen LogP contribution in [-0.4, -0.2) is 32.4 Å². The lowest BCUT2D eigenvalue weighted by Gasteiger charge is -2.10. The van der Waals surface area contributed by atoms with E-state index in [2.05, 4.69) is 15.3 Å². The summed E-state index contributed by atoms with van der Waals surface area (Å²) >= 11 is 0. The molecule has 132 valence electrons. The van der Waals surface area contributed by atoms with Crippen molar-refractivity contribution in [3.63, 3.8) is 0 Å². The number of aryl methyl sites for hydroxylation is 1. The minimum absolute atomic E-state index is 0.0336. The number of carbonyl (C=O) groups is 1. The van der Waals surface area contributed by atoms with Crippen LogP contribution in [0.1, 0.15) is 23.1 Å². The highest BCUT2D eigenvalue weighted by atomic mass is 16.6. The largest absolute Gasteiger partial charge is 0.505 e. The Kier molecular flexibility index (Phi) is 4.49. The van der Waals surface area contributed by atoms with E-state index in [-0.39, 0.29) is 17.1 Å². The van der Waals surface area contributed by atoms with Crippen LogP contribution in [0.25, 0.3) is 22.2 Å². The summed E-state index contributed by atoms with van der Waals surface area (Å²) in [5.41, 5.74) is 1.91. The number of fused-ring (bicyclic) bond motifs is 1. The summed E-state index contributed by atoms with van der Waals surface area (Å²) in [5.74, 6) is -0.701. The number of nitro groups is 1. The molecule has 3 rings (SSSR count). The summed E-state index contributed by atoms with van der Waals surface area (Å²) in [6.45, 7) is 3.88. The van der Waals surface area contributed by atoms with Crippen molar-refractivity contribution in [3.8, 4) is 17.0 Å². The van der Waals surface area contributed by atoms with Crippen LogP contribution in [0.4, 0.5) is 5.69 Å². The lowest BCUT2D eigenvalue weighted by atomic mass is 10.1. The fourth-order valence-electron chi connectivity index (χ4n) is 2.67. The molecule has 0 fully saturated rings. The van der Waals surface area contributed by atoms with Crippen LogP contribution in [0.5, 0.6) is 5.75 Å². The Labute approximate surface area is 148 Å². The van der Waals surface area contributed by atoms with Crippen molar-refractivity contribution in [3.05, 3.63) is 57.9 Å². The van der Waals surface area contributed by atoms with Crippen LogP contribution in [0.2, 0.25) is 0 Å². The second kappa shape index (κ2) is 6.75. The summed E-state index contributed by atoms with van der Waals surface area (Å²) < 4.78 is 0. The van der Waals surface area contributed by atoms with Crippen molar-refractivity contribution < 1.29 is 14.8 Å². The van der Waals surface area contributed by atoms with Crippen LogP contribution in [0, 0.1) is 17.0 Å². The Morgan fingerprint density at radius 2 is 2.04 bits per heavy atom. The van der Waals surface area contributed by atoms with E-state index in [9.17, 15) is 20.0 Å². The zero-order valence-electron chi connectivity index (χ0n) is 14.2. The Morgan fingerprint density at radius 3 is 2.73 bits per heavy atom. The molecule has 2 aromatic heterocycles. The molecule has 1 amide bonds. The topological polar surface area (TPSA) is 118 Å². The molecule has 0 spiro atoms. The summed E-state index contributed by atoms with van der Waals surface area (Å²) in [7, 11) is 0. The van der Waals surface area contributed by atoms with Gasteiger partial charge in [0, 0.05) is 29.6 Å². The molecule has 1 aromatic carbocycles. The van der Waals surface area contributed by atoms with Crippen molar-refractivity contribution in [2.45, 2.75) is 13.8 Å². The van der Waals surface area contributed by atoms with E-state index in [1.165, 1.54) is 12.1 Å². The number of benzene rings is 1. The highest BCUT2D eigenvalue weighted by molar-refractivity contribution is 6.01. The molecule has 0 atom stereocenters. The van der Waals surface area contributed by atoms with E-state index >= 15 is 0 Å². The van der Waals surface area contributed by atoms with Crippen LogP contribution in [-0.2, 0) is 0 Å². The fraction of sp³-hybridized carbons (Fsp3) is 0.167. The molecule has 0 aliphatic rings. The van der Waals surface area contributed by atoms with Crippen molar-refractivity contribution in [2.24, 2.45) is 0 Å². The first-order valence-electron chi connectivity index (χ1n) is 7.95. The molecular formula is C18H16N4O4. The number of aromatic hydroxyl groups is 1. The van der Waals surface area contributed by atoms with Crippen LogP contribution in [0.3, 0.4) is 0 Å². The second-order valence-corrected chi connectivity index (χ2v) is 5.65. The number of nitro benzene ring substituents is 1. The molecule has 26 heavy (non-hydrogen) atoms. The van der Waals surface area contributed by atoms with Gasteiger partial charge in [0.25, 0.3) is 11.6 Å². The smallest absolute Gasteiger partial charge is 0.273 e. The number of nitrogens with zero attached hydrogens (tertiary/aromatic N) is 3. The molecule has 3 aromatic rings. The van der Waals surface area contributed by atoms with Gasteiger partial charge in [-0.2, -0.15) is 0 Å². The molecule has 0 saturated carbocycles. The molecule has 0 bridgehead atoms. The van der Waals surface area contributed by atoms with E-state index < -0.39 is 10.8 Å². The van der Waals surface area contributed by atoms with Gasteiger partial charge in [-0.3, -0.25) is 14.9 Å². The standard InChI is InChI=1S/C18H16N4O4/c1-3-19-18(24)16-17(23)13-7-8-14(21-15(13)10(2)20-16)11-5-4-6-12(9-11)22(25)26/h4-9,23H,3H2,1-2H3,(H,19,24). The Morgan fingerprint density at radius 1 is 1.27 bits per heavy atom. The number of carbonyl (C=O) groups excluding carboxylic acids is 1. The molecule has 0 unspecified atom stereocenters. The first kappa shape index (κ1) is 17.3. The quantitative estimate of drug-likeness (QED) is 0.550. The predicted octanol–water partition coefficient (Wildman–Crippen LogP) is 2.97. The monoisotopic (exact) mass is 352 g/mol. The first-order chi connectivity index (χ1) is 12.4. The number of rotatable bonds is 4. The molecule has 0 aliphatic carbocycles. The number of amides is 1. The van der Waals surface area contributed by atoms with Gasteiger partial charge in [0.05, 0.1) is 21.8 Å². The molecule has 2 N–H and O–H groups in total. The third-order valence-electron chi connectivity index (χ3n) is 3.90. The highest BCUT2D eigenvalue weighted by Crippen LogP contribution is 2.31. The lowest BCUT2D eigenvalue weighted by Crippen LogP contribution is -2.24. The molecule has 0 saturated heterocycles. The van der Waals surface area contributed by atoms with E-state index in [1.54, 1.807) is 38.1 Å². The Hall–Kier alpha value is -3.55. The summed E-state index contributed by atoms with van der Waals surface area (Å²) in [6.07, 6.45) is 0. The zero-order valence-corrected chi connectivity index (χ0v) is 14.2. The van der Waals surface area contributed by atoms with Gasteiger partial charge in [0.1, 0.15) is 0 Å². The second-order valence-electron chi connectivity index (χ2n) is 5.65. The molecular weight excluding hydrogens is 336 g/mol. The first-order valence-corrected chi connectivity index (χ1v) is 7.95. The number of non-ortho nitro benzene ring substituents is 1. The SMILES string of the molecule is CCNC(=O)c1nc(C)c2nc(-c3cccc([N+](=O)[O-])c3)ccc2c1O. The average Bonchev–Trinajstić information content (AvgIpc) is 2.64. The van der Waals surface area contributed by atoms with Crippen molar-refractivity contribution in [1.82, 2.24) is 15.3 Å². The van der Waals surface area contributed by atoms with E-state index in [4.69, 9.17) is 0 Å². The van der Waals surface area contributed by atoms with Gasteiger partial charge >= 0.3 is 0 Å². The van der Waals surface area contributed by atoms with E-state index in [0.717, 1.165) is 0 Å². The van der Waals surface area contributed by atoms with Crippen molar-refractivity contribution >= 4 is 22.5 Å².